The van der Waals surface area contributed by atoms with Crippen LogP contribution < -0.4 is 5.32 Å². The standard InChI is InChI=1S/C11H13NO4/c1-2-10(14)12-8-5-7(6-11(15)16)3-4-9(8)13/h3-5,13H,2,6H2,1H3,(H,12,14)(H,15,16). The maximum absolute atomic E-state index is 11.1. The minimum Gasteiger partial charge on any atom is -0.506 e. The number of aliphatic carboxylic acids is 1. The number of amides is 1. The normalized spacial score (nSPS) is 9.81. The number of carboxylic acids is 1. The second-order valence-electron chi connectivity index (χ2n) is 3.32. The maximum Gasteiger partial charge on any atom is 0.307 e. The zero-order chi connectivity index (χ0) is 12.1. The smallest absolute Gasteiger partial charge is 0.307 e. The SMILES string of the molecule is CCC(=O)Nc1cc(CC(=O)O)ccc1O. The van der Waals surface area contributed by atoms with Gasteiger partial charge in [0.1, 0.15) is 5.75 Å². The number of phenolic OH excluding ortho intramolecular Hbond substituents is 1. The molecule has 5 nitrogen and oxygen atoms in total. The van der Waals surface area contributed by atoms with Crippen LogP contribution in [0.3, 0.4) is 0 Å². The van der Waals surface area contributed by atoms with Crippen molar-refractivity contribution in [2.24, 2.45) is 0 Å². The second kappa shape index (κ2) is 5.16. The molecule has 0 aliphatic heterocycles. The zero-order valence-electron chi connectivity index (χ0n) is 8.86. The minimum absolute atomic E-state index is 0.0732. The average molecular weight is 223 g/mol. The van der Waals surface area contributed by atoms with E-state index in [-0.39, 0.29) is 23.8 Å². The molecule has 5 heteroatoms. The Hall–Kier alpha value is -2.04. The quantitative estimate of drug-likeness (QED) is 0.673. The van der Waals surface area contributed by atoms with Crippen LogP contribution in [0.1, 0.15) is 18.9 Å². The van der Waals surface area contributed by atoms with Crippen molar-refractivity contribution < 1.29 is 19.8 Å². The van der Waals surface area contributed by atoms with Gasteiger partial charge in [0.25, 0.3) is 0 Å². The third-order valence-electron chi connectivity index (χ3n) is 2.01. The number of benzene rings is 1. The molecule has 86 valence electrons. The van der Waals surface area contributed by atoms with E-state index in [0.29, 0.717) is 12.0 Å². The van der Waals surface area contributed by atoms with Crippen LogP contribution in [-0.4, -0.2) is 22.1 Å². The van der Waals surface area contributed by atoms with Gasteiger partial charge in [-0.3, -0.25) is 9.59 Å². The van der Waals surface area contributed by atoms with Gasteiger partial charge >= 0.3 is 5.97 Å². The van der Waals surface area contributed by atoms with Gasteiger partial charge in [-0.15, -0.1) is 0 Å². The number of nitrogens with one attached hydrogen (secondary N) is 1. The summed E-state index contributed by atoms with van der Waals surface area (Å²) < 4.78 is 0. The number of aromatic hydroxyl groups is 1. The summed E-state index contributed by atoms with van der Waals surface area (Å²) in [4.78, 5) is 21.6. The Morgan fingerprint density at radius 3 is 2.62 bits per heavy atom. The number of hydrogen-bond acceptors (Lipinski definition) is 3. The van der Waals surface area contributed by atoms with Gasteiger partial charge in [0, 0.05) is 6.42 Å². The summed E-state index contributed by atoms with van der Waals surface area (Å²) in [5.41, 5.74) is 0.766. The largest absolute Gasteiger partial charge is 0.506 e. The summed E-state index contributed by atoms with van der Waals surface area (Å²) in [6.07, 6.45) is 0.151. The third-order valence-corrected chi connectivity index (χ3v) is 2.01. The molecule has 0 aromatic heterocycles. The molecule has 0 saturated carbocycles. The van der Waals surface area contributed by atoms with E-state index in [1.165, 1.54) is 18.2 Å². The maximum atomic E-state index is 11.1. The first-order valence-corrected chi connectivity index (χ1v) is 4.86. The van der Waals surface area contributed by atoms with Gasteiger partial charge in [-0.25, -0.2) is 0 Å². The van der Waals surface area contributed by atoms with Crippen molar-refractivity contribution in [3.63, 3.8) is 0 Å². The van der Waals surface area contributed by atoms with Crippen LogP contribution in [0.15, 0.2) is 18.2 Å². The first-order valence-electron chi connectivity index (χ1n) is 4.86. The highest BCUT2D eigenvalue weighted by Gasteiger charge is 2.07. The Kier molecular flexibility index (Phi) is 3.88. The molecule has 0 fully saturated rings. The van der Waals surface area contributed by atoms with E-state index in [1.54, 1.807) is 6.92 Å². The molecule has 0 saturated heterocycles. The Morgan fingerprint density at radius 2 is 2.06 bits per heavy atom. The molecule has 16 heavy (non-hydrogen) atoms. The molecule has 1 amide bonds. The van der Waals surface area contributed by atoms with E-state index in [0.717, 1.165) is 0 Å². The second-order valence-corrected chi connectivity index (χ2v) is 3.32. The molecule has 1 aromatic carbocycles. The molecular weight excluding hydrogens is 210 g/mol. The number of phenols is 1. The molecule has 0 radical (unpaired) electrons. The molecule has 0 aliphatic rings. The molecule has 1 aromatic rings. The van der Waals surface area contributed by atoms with E-state index in [2.05, 4.69) is 5.32 Å². The van der Waals surface area contributed by atoms with Crippen LogP contribution >= 0.6 is 0 Å². The molecule has 0 aliphatic carbocycles. The summed E-state index contributed by atoms with van der Waals surface area (Å²) in [6.45, 7) is 1.69. The first kappa shape index (κ1) is 12.0. The van der Waals surface area contributed by atoms with Crippen molar-refractivity contribution in [3.05, 3.63) is 23.8 Å². The van der Waals surface area contributed by atoms with Crippen LogP contribution in [-0.2, 0) is 16.0 Å². The zero-order valence-corrected chi connectivity index (χ0v) is 8.86. The Morgan fingerprint density at radius 1 is 1.38 bits per heavy atom. The van der Waals surface area contributed by atoms with Crippen LogP contribution in [0, 0.1) is 0 Å². The van der Waals surface area contributed by atoms with E-state index in [1.807, 2.05) is 0 Å². The molecule has 0 spiro atoms. The fourth-order valence-corrected chi connectivity index (χ4v) is 1.21. The monoisotopic (exact) mass is 223 g/mol. The highest BCUT2D eigenvalue weighted by atomic mass is 16.4. The first-order chi connectivity index (χ1) is 7.52. The number of carboxylic acid groups (broad SMARTS) is 1. The number of carbonyl (C=O) groups is 2. The number of hydrogen-bond donors (Lipinski definition) is 3. The fourth-order valence-electron chi connectivity index (χ4n) is 1.21. The molecule has 0 heterocycles. The summed E-state index contributed by atoms with van der Waals surface area (Å²) in [5.74, 6) is -1.27. The lowest BCUT2D eigenvalue weighted by Crippen LogP contribution is -2.10. The van der Waals surface area contributed by atoms with E-state index >= 15 is 0 Å². The summed E-state index contributed by atoms with van der Waals surface area (Å²) in [5, 5.41) is 20.5. The van der Waals surface area contributed by atoms with Gasteiger partial charge in [0.05, 0.1) is 12.1 Å². The number of anilines is 1. The summed E-state index contributed by atoms with van der Waals surface area (Å²) in [7, 11) is 0. The lowest BCUT2D eigenvalue weighted by molar-refractivity contribution is -0.136. The van der Waals surface area contributed by atoms with Crippen molar-refractivity contribution in [2.45, 2.75) is 19.8 Å². The van der Waals surface area contributed by atoms with E-state index < -0.39 is 5.97 Å². The van der Waals surface area contributed by atoms with E-state index in [9.17, 15) is 14.7 Å². The van der Waals surface area contributed by atoms with Crippen LogP contribution in [0.4, 0.5) is 5.69 Å². The van der Waals surface area contributed by atoms with Crippen LogP contribution in [0.2, 0.25) is 0 Å². The summed E-state index contributed by atoms with van der Waals surface area (Å²) in [6, 6.07) is 4.33. The van der Waals surface area contributed by atoms with Gasteiger partial charge in [0.15, 0.2) is 0 Å². The van der Waals surface area contributed by atoms with Crippen molar-refractivity contribution >= 4 is 17.6 Å². The van der Waals surface area contributed by atoms with Gasteiger partial charge in [-0.1, -0.05) is 13.0 Å². The minimum atomic E-state index is -0.960. The highest BCUT2D eigenvalue weighted by Crippen LogP contribution is 2.24. The Labute approximate surface area is 92.7 Å². The summed E-state index contributed by atoms with van der Waals surface area (Å²) >= 11 is 0. The Bertz CT molecular complexity index is 414. The van der Waals surface area contributed by atoms with Crippen molar-refractivity contribution in [1.29, 1.82) is 0 Å². The number of rotatable bonds is 4. The third kappa shape index (κ3) is 3.27. The molecule has 3 N–H and O–H groups in total. The predicted molar refractivity (Wildman–Crippen MR) is 58.4 cm³/mol. The van der Waals surface area contributed by atoms with Gasteiger partial charge in [0.2, 0.25) is 5.91 Å². The molecule has 0 bridgehead atoms. The van der Waals surface area contributed by atoms with Crippen molar-refractivity contribution in [1.82, 2.24) is 0 Å². The molecule has 0 atom stereocenters. The van der Waals surface area contributed by atoms with Crippen LogP contribution in [0.5, 0.6) is 5.75 Å². The number of carbonyl (C=O) groups excluding carboxylic acids is 1. The molecule has 1 rings (SSSR count). The predicted octanol–water partition coefficient (Wildman–Crippen LogP) is 1.37. The van der Waals surface area contributed by atoms with E-state index in [4.69, 9.17) is 5.11 Å². The van der Waals surface area contributed by atoms with Gasteiger partial charge in [-0.2, -0.15) is 0 Å². The topological polar surface area (TPSA) is 86.6 Å². The van der Waals surface area contributed by atoms with Gasteiger partial charge < -0.3 is 15.5 Å². The van der Waals surface area contributed by atoms with Crippen molar-refractivity contribution in [2.75, 3.05) is 5.32 Å². The molecule has 0 unspecified atom stereocenters. The highest BCUT2D eigenvalue weighted by molar-refractivity contribution is 5.92. The lowest BCUT2D eigenvalue weighted by atomic mass is 10.1. The van der Waals surface area contributed by atoms with Gasteiger partial charge in [-0.05, 0) is 17.7 Å². The molecular formula is C11H13NO4. The Balaban J connectivity index is 2.90. The van der Waals surface area contributed by atoms with Crippen molar-refractivity contribution in [3.8, 4) is 5.75 Å². The average Bonchev–Trinajstić information content (AvgIpc) is 2.22. The fraction of sp³-hybridized carbons (Fsp3) is 0.273. The van der Waals surface area contributed by atoms with Crippen LogP contribution in [0.25, 0.3) is 0 Å². The lowest BCUT2D eigenvalue weighted by Gasteiger charge is -2.07.